The monoisotopic (exact) mass is 475 g/mol. The predicted molar refractivity (Wildman–Crippen MR) is 122 cm³/mol. The molecule has 2 aromatic rings. The van der Waals surface area contributed by atoms with E-state index in [4.69, 9.17) is 14.1 Å². The van der Waals surface area contributed by atoms with Crippen LogP contribution in [-0.4, -0.2) is 39.2 Å². The van der Waals surface area contributed by atoms with Crippen LogP contribution in [-0.2, 0) is 36.4 Å². The molecule has 0 bridgehead atoms. The molecule has 1 aliphatic rings. The molecule has 0 aromatic heterocycles. The first kappa shape index (κ1) is 24.8. The molecule has 1 amide bonds. The molecule has 176 valence electrons. The number of carbonyl (C=O) groups is 2. The minimum Gasteiger partial charge on any atom is -0.450 e. The van der Waals surface area contributed by atoms with E-state index in [0.717, 1.165) is 5.56 Å². The number of rotatable bonds is 6. The quantitative estimate of drug-likeness (QED) is 0.370. The van der Waals surface area contributed by atoms with Gasteiger partial charge in [0.25, 0.3) is 0 Å². The van der Waals surface area contributed by atoms with Gasteiger partial charge in [-0.25, -0.2) is 13.2 Å². The molecule has 1 heterocycles. The van der Waals surface area contributed by atoms with E-state index in [-0.39, 0.29) is 35.3 Å². The molecular weight excluding hydrogens is 449 g/mol. The first-order valence-corrected chi connectivity index (χ1v) is 12.0. The van der Waals surface area contributed by atoms with Gasteiger partial charge in [0.1, 0.15) is 5.75 Å². The second-order valence-corrected chi connectivity index (χ2v) is 10.6. The van der Waals surface area contributed by atoms with Gasteiger partial charge in [-0.2, -0.15) is 0 Å². The Morgan fingerprint density at radius 2 is 1.91 bits per heavy atom. The third-order valence-electron chi connectivity index (χ3n) is 4.85. The number of anilines is 1. The van der Waals surface area contributed by atoms with Crippen molar-refractivity contribution in [3.63, 3.8) is 0 Å². The summed E-state index contributed by atoms with van der Waals surface area (Å²) in [4.78, 5) is 24.1. The van der Waals surface area contributed by atoms with Crippen molar-refractivity contribution in [2.75, 3.05) is 11.9 Å². The maximum Gasteiger partial charge on any atom is 0.491 e. The molecule has 33 heavy (non-hydrogen) atoms. The Morgan fingerprint density at radius 1 is 1.18 bits per heavy atom. The molecule has 3 rings (SSSR count). The second kappa shape index (κ2) is 9.54. The molecule has 0 atom stereocenters. The first-order valence-electron chi connectivity index (χ1n) is 10.3. The van der Waals surface area contributed by atoms with E-state index < -0.39 is 34.4 Å². The molecule has 9 nitrogen and oxygen atoms in total. The standard InChI is InChI=1S/C22H26BNO8S/c1-5-30-21(26)24-18-11-16(32-20(25)22(2,3)4)8-9-19(18)33(28,29)13-14-6-7-15-12-31-23(27)17(15)10-14/h6-11,27H,5,12-13H2,1-4H3,(H,24,26). The number of ether oxygens (including phenoxy) is 2. The molecule has 0 unspecified atom stereocenters. The fraction of sp³-hybridized carbons (Fsp3) is 0.364. The number of carbonyl (C=O) groups excluding carboxylic acids is 2. The summed E-state index contributed by atoms with van der Waals surface area (Å²) in [5.74, 6) is -0.816. The third-order valence-corrected chi connectivity index (χ3v) is 6.59. The predicted octanol–water partition coefficient (Wildman–Crippen LogP) is 2.40. The van der Waals surface area contributed by atoms with Crippen LogP contribution < -0.4 is 15.5 Å². The molecule has 2 aromatic carbocycles. The van der Waals surface area contributed by atoms with E-state index in [1.54, 1.807) is 45.9 Å². The maximum atomic E-state index is 13.2. The Kier molecular flexibility index (Phi) is 7.16. The minimum absolute atomic E-state index is 0.0720. The highest BCUT2D eigenvalue weighted by Crippen LogP contribution is 2.31. The van der Waals surface area contributed by atoms with Crippen molar-refractivity contribution in [3.8, 4) is 5.75 Å². The highest BCUT2D eigenvalue weighted by atomic mass is 32.2. The average molecular weight is 475 g/mol. The van der Waals surface area contributed by atoms with Gasteiger partial charge < -0.3 is 19.2 Å². The SMILES string of the molecule is CCOC(=O)Nc1cc(OC(=O)C(C)(C)C)ccc1S(=O)(=O)Cc1ccc2c(c1)B(O)OC2. The number of benzene rings is 2. The summed E-state index contributed by atoms with van der Waals surface area (Å²) in [5, 5.41) is 12.3. The van der Waals surface area contributed by atoms with E-state index >= 15 is 0 Å². The molecule has 0 radical (unpaired) electrons. The zero-order valence-corrected chi connectivity index (χ0v) is 19.7. The lowest BCUT2D eigenvalue weighted by Crippen LogP contribution is -2.28. The fourth-order valence-corrected chi connectivity index (χ4v) is 4.62. The van der Waals surface area contributed by atoms with Crippen molar-refractivity contribution in [2.24, 2.45) is 5.41 Å². The lowest BCUT2D eigenvalue weighted by molar-refractivity contribution is -0.142. The Labute approximate surface area is 193 Å². The molecular formula is C22H26BNO8S. The van der Waals surface area contributed by atoms with Crippen molar-refractivity contribution in [2.45, 2.75) is 45.0 Å². The Bertz CT molecular complexity index is 1170. The summed E-state index contributed by atoms with van der Waals surface area (Å²) in [6, 6.07) is 8.84. The van der Waals surface area contributed by atoms with Gasteiger partial charge in [0.15, 0.2) is 9.84 Å². The van der Waals surface area contributed by atoms with Gasteiger partial charge in [-0.05, 0) is 56.4 Å². The summed E-state index contributed by atoms with van der Waals surface area (Å²) >= 11 is 0. The lowest BCUT2D eigenvalue weighted by Gasteiger charge is -2.18. The van der Waals surface area contributed by atoms with Gasteiger partial charge in [0, 0.05) is 6.07 Å². The van der Waals surface area contributed by atoms with Gasteiger partial charge >= 0.3 is 19.2 Å². The Morgan fingerprint density at radius 3 is 2.58 bits per heavy atom. The molecule has 0 spiro atoms. The average Bonchev–Trinajstić information content (AvgIpc) is 3.07. The van der Waals surface area contributed by atoms with E-state index in [0.29, 0.717) is 11.0 Å². The van der Waals surface area contributed by atoms with Gasteiger partial charge in [0.05, 0.1) is 35.0 Å². The van der Waals surface area contributed by atoms with Crippen LogP contribution in [0.3, 0.4) is 0 Å². The largest absolute Gasteiger partial charge is 0.491 e. The van der Waals surface area contributed by atoms with E-state index in [2.05, 4.69) is 5.32 Å². The molecule has 11 heteroatoms. The van der Waals surface area contributed by atoms with Crippen LogP contribution in [0.5, 0.6) is 5.75 Å². The molecule has 0 aliphatic carbocycles. The van der Waals surface area contributed by atoms with Gasteiger partial charge in [-0.1, -0.05) is 18.2 Å². The summed E-state index contributed by atoms with van der Waals surface area (Å²) in [5.41, 5.74) is 0.914. The number of fused-ring (bicyclic) bond motifs is 1. The first-order chi connectivity index (χ1) is 15.4. The highest BCUT2D eigenvalue weighted by molar-refractivity contribution is 7.90. The van der Waals surface area contributed by atoms with Crippen LogP contribution in [0.25, 0.3) is 0 Å². The topological polar surface area (TPSA) is 128 Å². The molecule has 0 saturated carbocycles. The molecule has 0 saturated heterocycles. The van der Waals surface area contributed by atoms with Crippen molar-refractivity contribution in [3.05, 3.63) is 47.5 Å². The zero-order chi connectivity index (χ0) is 24.4. The lowest BCUT2D eigenvalue weighted by atomic mass is 9.79. The zero-order valence-electron chi connectivity index (χ0n) is 18.9. The number of nitrogens with one attached hydrogen (secondary N) is 1. The van der Waals surface area contributed by atoms with Crippen LogP contribution in [0.15, 0.2) is 41.3 Å². The fourth-order valence-electron chi connectivity index (χ4n) is 3.13. The van der Waals surface area contributed by atoms with Crippen molar-refractivity contribution in [1.29, 1.82) is 0 Å². The van der Waals surface area contributed by atoms with Crippen LogP contribution in [0.2, 0.25) is 0 Å². The van der Waals surface area contributed by atoms with Crippen LogP contribution >= 0.6 is 0 Å². The highest BCUT2D eigenvalue weighted by Gasteiger charge is 2.29. The Balaban J connectivity index is 1.94. The number of amides is 1. The molecule has 2 N–H and O–H groups in total. The van der Waals surface area contributed by atoms with Gasteiger partial charge in [-0.3, -0.25) is 10.1 Å². The molecule has 0 fully saturated rings. The summed E-state index contributed by atoms with van der Waals surface area (Å²) < 4.78 is 41.9. The number of sulfone groups is 1. The van der Waals surface area contributed by atoms with Crippen molar-refractivity contribution < 1.29 is 37.2 Å². The number of hydrogen-bond donors (Lipinski definition) is 2. The van der Waals surface area contributed by atoms with Crippen molar-refractivity contribution in [1.82, 2.24) is 0 Å². The number of esters is 1. The van der Waals surface area contributed by atoms with E-state index in [9.17, 15) is 23.0 Å². The van der Waals surface area contributed by atoms with Crippen LogP contribution in [0, 0.1) is 5.41 Å². The van der Waals surface area contributed by atoms with Crippen LogP contribution in [0.4, 0.5) is 10.5 Å². The Hall–Kier alpha value is -2.89. The maximum absolute atomic E-state index is 13.2. The van der Waals surface area contributed by atoms with Gasteiger partial charge in [-0.15, -0.1) is 0 Å². The molecule has 1 aliphatic heterocycles. The summed E-state index contributed by atoms with van der Waals surface area (Å²) in [6.07, 6.45) is -0.842. The van der Waals surface area contributed by atoms with E-state index in [1.165, 1.54) is 18.2 Å². The summed E-state index contributed by atoms with van der Waals surface area (Å²) in [7, 11) is -5.04. The van der Waals surface area contributed by atoms with Crippen molar-refractivity contribution >= 4 is 40.2 Å². The smallest absolute Gasteiger partial charge is 0.450 e. The normalized spacial score (nSPS) is 13.4. The van der Waals surface area contributed by atoms with Crippen LogP contribution in [0.1, 0.15) is 38.8 Å². The second-order valence-electron chi connectivity index (χ2n) is 8.60. The summed E-state index contributed by atoms with van der Waals surface area (Å²) in [6.45, 7) is 7.02. The number of hydrogen-bond acceptors (Lipinski definition) is 8. The third kappa shape index (κ3) is 5.92. The van der Waals surface area contributed by atoms with E-state index in [1.807, 2.05) is 0 Å². The van der Waals surface area contributed by atoms with Gasteiger partial charge in [0.2, 0.25) is 0 Å². The minimum atomic E-state index is -3.95.